The summed E-state index contributed by atoms with van der Waals surface area (Å²) < 4.78 is 43.2. The Kier molecular flexibility index (Phi) is 7.10. The maximum atomic E-state index is 6.66. The van der Waals surface area contributed by atoms with Gasteiger partial charge in [0.05, 0.1) is 38.7 Å². The summed E-state index contributed by atoms with van der Waals surface area (Å²) in [7, 11) is 4.87. The van der Waals surface area contributed by atoms with Crippen LogP contribution in [0.2, 0.25) is 0 Å². The summed E-state index contributed by atoms with van der Waals surface area (Å²) in [4.78, 5) is 0. The average Bonchev–Trinajstić information content (AvgIpc) is 3.20. The third-order valence-electron chi connectivity index (χ3n) is 7.45. The maximum absolute atomic E-state index is 6.66. The van der Waals surface area contributed by atoms with E-state index in [0.29, 0.717) is 45.6 Å². The molecule has 6 rings (SSSR count). The van der Waals surface area contributed by atoms with Crippen LogP contribution in [0.4, 0.5) is 0 Å². The second-order valence-corrected chi connectivity index (χ2v) is 9.85. The molecular formula is C34H32O7. The number of benzene rings is 4. The minimum Gasteiger partial charge on any atom is -0.496 e. The van der Waals surface area contributed by atoms with Gasteiger partial charge in [-0.1, -0.05) is 48.5 Å². The maximum Gasteiger partial charge on any atom is 0.446 e. The summed E-state index contributed by atoms with van der Waals surface area (Å²) in [5, 5.41) is 0. The molecule has 7 nitrogen and oxygen atoms in total. The minimum absolute atomic E-state index is 0.0740. The lowest BCUT2D eigenvalue weighted by molar-refractivity contribution is -0.285. The molecule has 4 aromatic rings. The molecule has 2 atom stereocenters. The third kappa shape index (κ3) is 4.88. The van der Waals surface area contributed by atoms with E-state index in [1.165, 1.54) is 0 Å². The zero-order valence-corrected chi connectivity index (χ0v) is 23.5. The van der Waals surface area contributed by atoms with E-state index in [4.69, 9.17) is 33.2 Å². The van der Waals surface area contributed by atoms with Gasteiger partial charge in [0.2, 0.25) is 0 Å². The van der Waals surface area contributed by atoms with Crippen molar-refractivity contribution in [2.24, 2.45) is 0 Å². The molecule has 2 heterocycles. The van der Waals surface area contributed by atoms with Gasteiger partial charge in [-0.25, -0.2) is 0 Å². The van der Waals surface area contributed by atoms with E-state index < -0.39 is 5.97 Å². The van der Waals surface area contributed by atoms with Crippen molar-refractivity contribution in [3.05, 3.63) is 113 Å². The smallest absolute Gasteiger partial charge is 0.446 e. The molecule has 0 radical (unpaired) electrons. The normalized spacial score (nSPS) is 18.9. The van der Waals surface area contributed by atoms with Crippen LogP contribution in [0.15, 0.2) is 85.1 Å². The minimum atomic E-state index is -1.68. The summed E-state index contributed by atoms with van der Waals surface area (Å²) in [5.41, 5.74) is 4.33. The van der Waals surface area contributed by atoms with E-state index in [9.17, 15) is 0 Å². The zero-order valence-electron chi connectivity index (χ0n) is 23.5. The average molecular weight is 553 g/mol. The first kappa shape index (κ1) is 26.4. The number of fused-ring (bicyclic) bond motifs is 2. The fraction of sp³-hybridized carbons (Fsp3) is 0.235. The predicted molar refractivity (Wildman–Crippen MR) is 155 cm³/mol. The van der Waals surface area contributed by atoms with Crippen LogP contribution in [-0.4, -0.2) is 21.3 Å². The number of methoxy groups -OCH3 is 3. The number of ether oxygens (including phenoxy) is 7. The van der Waals surface area contributed by atoms with E-state index >= 15 is 0 Å². The molecule has 0 saturated carbocycles. The Hall–Kier alpha value is -4.78. The fourth-order valence-corrected chi connectivity index (χ4v) is 5.42. The summed E-state index contributed by atoms with van der Waals surface area (Å²) in [6.07, 6.45) is 4.94. The Morgan fingerprint density at radius 3 is 2.24 bits per heavy atom. The molecule has 0 aromatic heterocycles. The highest BCUT2D eigenvalue weighted by Gasteiger charge is 2.43. The monoisotopic (exact) mass is 552 g/mol. The molecule has 0 amide bonds. The second-order valence-electron chi connectivity index (χ2n) is 9.85. The Balaban J connectivity index is 1.43. The molecule has 7 heteroatoms. The lowest BCUT2D eigenvalue weighted by Gasteiger charge is -2.33. The van der Waals surface area contributed by atoms with Crippen LogP contribution in [0.1, 0.15) is 40.3 Å². The van der Waals surface area contributed by atoms with Crippen molar-refractivity contribution in [1.29, 1.82) is 0 Å². The van der Waals surface area contributed by atoms with Gasteiger partial charge in [0.25, 0.3) is 0 Å². The largest absolute Gasteiger partial charge is 0.496 e. The van der Waals surface area contributed by atoms with Crippen LogP contribution in [0.25, 0.3) is 6.08 Å². The molecule has 2 aliphatic heterocycles. The quantitative estimate of drug-likeness (QED) is 0.237. The van der Waals surface area contributed by atoms with Crippen molar-refractivity contribution >= 4 is 6.08 Å². The molecule has 210 valence electrons. The molecule has 2 aliphatic rings. The second kappa shape index (κ2) is 11.0. The first-order valence-electron chi connectivity index (χ1n) is 13.5. The number of hydrogen-bond donors (Lipinski definition) is 0. The van der Waals surface area contributed by atoms with Crippen molar-refractivity contribution in [3.63, 3.8) is 0 Å². The zero-order chi connectivity index (χ0) is 28.4. The molecule has 0 fully saturated rings. The lowest BCUT2D eigenvalue weighted by Crippen LogP contribution is -2.41. The van der Waals surface area contributed by atoms with Crippen molar-refractivity contribution in [2.75, 3.05) is 21.3 Å². The van der Waals surface area contributed by atoms with Crippen LogP contribution in [-0.2, 0) is 17.1 Å². The van der Waals surface area contributed by atoms with Crippen LogP contribution < -0.4 is 28.4 Å². The molecule has 4 aromatic carbocycles. The number of hydrogen-bond acceptors (Lipinski definition) is 7. The molecule has 0 spiro atoms. The van der Waals surface area contributed by atoms with Crippen molar-refractivity contribution in [1.82, 2.24) is 0 Å². The molecule has 41 heavy (non-hydrogen) atoms. The van der Waals surface area contributed by atoms with Gasteiger partial charge in [-0.05, 0) is 43.5 Å². The van der Waals surface area contributed by atoms with E-state index in [1.54, 1.807) is 33.7 Å². The number of rotatable bonds is 7. The van der Waals surface area contributed by atoms with Gasteiger partial charge in [0.1, 0.15) is 40.6 Å². The Bertz CT molecular complexity index is 1570. The van der Waals surface area contributed by atoms with E-state index in [-0.39, 0.29) is 6.10 Å². The Morgan fingerprint density at radius 2 is 1.54 bits per heavy atom. The van der Waals surface area contributed by atoms with Gasteiger partial charge in [-0.15, -0.1) is 0 Å². The Labute approximate surface area is 239 Å². The molecule has 0 aliphatic carbocycles. The van der Waals surface area contributed by atoms with Crippen LogP contribution in [0, 0.1) is 6.92 Å². The van der Waals surface area contributed by atoms with Gasteiger partial charge in [-0.2, -0.15) is 0 Å². The third-order valence-corrected chi connectivity index (χ3v) is 7.45. The summed E-state index contributed by atoms with van der Waals surface area (Å²) in [5.74, 6) is 1.88. The van der Waals surface area contributed by atoms with Crippen LogP contribution >= 0.6 is 0 Å². The standard InChI is InChI=1S/C34H32O7/c1-22-29(35-2)21-32-27(33(22)37-4)17-18-38-34(41-32,24-13-9-6-10-14-24)40-25-19-30(36-3)26-15-16-28(39-31(26)20-25)23-11-7-5-8-12-23/h5-14,17-21,28H,15-16H2,1-4H3. The van der Waals surface area contributed by atoms with E-state index in [1.807, 2.05) is 73.7 Å². The van der Waals surface area contributed by atoms with Gasteiger partial charge < -0.3 is 33.2 Å². The van der Waals surface area contributed by atoms with Crippen molar-refractivity contribution < 1.29 is 33.2 Å². The highest BCUT2D eigenvalue weighted by Crippen LogP contribution is 2.47. The predicted octanol–water partition coefficient (Wildman–Crippen LogP) is 7.36. The van der Waals surface area contributed by atoms with Gasteiger partial charge >= 0.3 is 5.97 Å². The van der Waals surface area contributed by atoms with Crippen LogP contribution in [0.5, 0.6) is 34.5 Å². The van der Waals surface area contributed by atoms with Gasteiger partial charge in [-0.3, -0.25) is 0 Å². The molecular weight excluding hydrogens is 520 g/mol. The van der Waals surface area contributed by atoms with Crippen LogP contribution in [0.3, 0.4) is 0 Å². The fourth-order valence-electron chi connectivity index (χ4n) is 5.42. The van der Waals surface area contributed by atoms with Crippen molar-refractivity contribution in [2.45, 2.75) is 31.8 Å². The SMILES string of the molecule is COc1cc2c(c(OC)c1C)C=COC(Oc1cc(OC)c3c(c1)OC(c1ccccc1)CC3)(c1ccccc1)O2. The Morgan fingerprint density at radius 1 is 0.805 bits per heavy atom. The topological polar surface area (TPSA) is 64.6 Å². The molecule has 0 N–H and O–H groups in total. The van der Waals surface area contributed by atoms with Gasteiger partial charge in [0.15, 0.2) is 0 Å². The summed E-state index contributed by atoms with van der Waals surface area (Å²) in [6, 6.07) is 25.2. The first-order valence-corrected chi connectivity index (χ1v) is 13.5. The van der Waals surface area contributed by atoms with Crippen molar-refractivity contribution in [3.8, 4) is 34.5 Å². The highest BCUT2D eigenvalue weighted by atomic mass is 16.9. The first-order chi connectivity index (χ1) is 20.0. The molecule has 2 unspecified atom stereocenters. The molecule has 0 bridgehead atoms. The lowest BCUT2D eigenvalue weighted by atomic mass is 9.96. The van der Waals surface area contributed by atoms with Gasteiger partial charge in [0, 0.05) is 29.3 Å². The highest BCUT2D eigenvalue weighted by molar-refractivity contribution is 5.70. The van der Waals surface area contributed by atoms with E-state index in [0.717, 1.165) is 29.5 Å². The summed E-state index contributed by atoms with van der Waals surface area (Å²) >= 11 is 0. The van der Waals surface area contributed by atoms with E-state index in [2.05, 4.69) is 12.1 Å². The molecule has 0 saturated heterocycles. The summed E-state index contributed by atoms with van der Waals surface area (Å²) in [6.45, 7) is 1.93.